The standard InChI is InChI=1S/C24H31N3O5S/c1-17-9-10-18(2)21(13-17)24(28)26-15-22(31-3)23(16-26)32-20-8-6-7-19(14-20)25-33(29,30)27-11-4-5-12-27/h6-10,13-14,22-23,25H,4-5,11-12,15-16H2,1-3H3. The average molecular weight is 474 g/mol. The largest absolute Gasteiger partial charge is 0.486 e. The molecule has 8 nitrogen and oxygen atoms in total. The zero-order valence-electron chi connectivity index (χ0n) is 19.3. The molecule has 0 aliphatic carbocycles. The van der Waals surface area contributed by atoms with Gasteiger partial charge < -0.3 is 14.4 Å². The highest BCUT2D eigenvalue weighted by molar-refractivity contribution is 7.90. The lowest BCUT2D eigenvalue weighted by Gasteiger charge is -2.20. The minimum atomic E-state index is -3.58. The molecule has 2 aromatic rings. The van der Waals surface area contributed by atoms with Crippen molar-refractivity contribution in [3.63, 3.8) is 0 Å². The lowest BCUT2D eigenvalue weighted by Crippen LogP contribution is -2.33. The van der Waals surface area contributed by atoms with Gasteiger partial charge in [0.05, 0.1) is 18.8 Å². The number of hydrogen-bond acceptors (Lipinski definition) is 5. The van der Waals surface area contributed by atoms with Crippen LogP contribution < -0.4 is 9.46 Å². The van der Waals surface area contributed by atoms with Gasteiger partial charge >= 0.3 is 10.2 Å². The molecule has 2 heterocycles. The molecular formula is C24H31N3O5S. The van der Waals surface area contributed by atoms with Crippen LogP contribution in [-0.2, 0) is 14.9 Å². The van der Waals surface area contributed by atoms with Crippen LogP contribution in [0.4, 0.5) is 5.69 Å². The van der Waals surface area contributed by atoms with E-state index < -0.39 is 10.2 Å². The van der Waals surface area contributed by atoms with E-state index in [2.05, 4.69) is 4.72 Å². The fraction of sp³-hybridized carbons (Fsp3) is 0.458. The number of nitrogens with one attached hydrogen (secondary N) is 1. The molecule has 178 valence electrons. The zero-order valence-corrected chi connectivity index (χ0v) is 20.1. The van der Waals surface area contributed by atoms with Crippen molar-refractivity contribution in [2.75, 3.05) is 38.0 Å². The van der Waals surface area contributed by atoms with Crippen LogP contribution in [0.15, 0.2) is 42.5 Å². The second kappa shape index (κ2) is 9.70. The number of ether oxygens (including phenoxy) is 2. The van der Waals surface area contributed by atoms with E-state index in [-0.39, 0.29) is 18.1 Å². The number of aryl methyl sites for hydroxylation is 2. The summed E-state index contributed by atoms with van der Waals surface area (Å²) in [5.74, 6) is 0.473. The first-order chi connectivity index (χ1) is 15.8. The summed E-state index contributed by atoms with van der Waals surface area (Å²) in [5.41, 5.74) is 3.09. The van der Waals surface area contributed by atoms with Crippen LogP contribution >= 0.6 is 0 Å². The molecule has 2 atom stereocenters. The van der Waals surface area contributed by atoms with Crippen LogP contribution in [0.2, 0.25) is 0 Å². The number of benzene rings is 2. The van der Waals surface area contributed by atoms with Crippen molar-refractivity contribution in [1.29, 1.82) is 0 Å². The van der Waals surface area contributed by atoms with Gasteiger partial charge in [-0.2, -0.15) is 12.7 Å². The van der Waals surface area contributed by atoms with Gasteiger partial charge in [-0.1, -0.05) is 23.8 Å². The summed E-state index contributed by atoms with van der Waals surface area (Å²) in [6, 6.07) is 12.7. The molecule has 0 aromatic heterocycles. The highest BCUT2D eigenvalue weighted by Gasteiger charge is 2.38. The second-order valence-corrected chi connectivity index (χ2v) is 10.4. The summed E-state index contributed by atoms with van der Waals surface area (Å²) >= 11 is 0. The van der Waals surface area contributed by atoms with Crippen LogP contribution in [0, 0.1) is 13.8 Å². The first-order valence-electron chi connectivity index (χ1n) is 11.2. The van der Waals surface area contributed by atoms with E-state index in [0.29, 0.717) is 43.2 Å². The van der Waals surface area contributed by atoms with Gasteiger partial charge in [-0.05, 0) is 50.5 Å². The number of likely N-dealkylation sites (tertiary alicyclic amines) is 1. The molecule has 2 unspecified atom stereocenters. The van der Waals surface area contributed by atoms with E-state index in [1.807, 2.05) is 32.0 Å². The van der Waals surface area contributed by atoms with Gasteiger partial charge in [0.1, 0.15) is 18.0 Å². The Hall–Kier alpha value is -2.62. The summed E-state index contributed by atoms with van der Waals surface area (Å²) in [7, 11) is -1.98. The highest BCUT2D eigenvalue weighted by Crippen LogP contribution is 2.26. The van der Waals surface area contributed by atoms with Crippen LogP contribution in [0.25, 0.3) is 0 Å². The predicted molar refractivity (Wildman–Crippen MR) is 127 cm³/mol. The minimum Gasteiger partial charge on any atom is -0.486 e. The number of amides is 1. The van der Waals surface area contributed by atoms with Crippen molar-refractivity contribution in [1.82, 2.24) is 9.21 Å². The molecule has 1 N–H and O–H groups in total. The molecule has 2 fully saturated rings. The third-order valence-corrected chi connectivity index (χ3v) is 7.74. The van der Waals surface area contributed by atoms with Crippen LogP contribution in [-0.4, -0.2) is 69.0 Å². The molecule has 9 heteroatoms. The maximum atomic E-state index is 13.1. The number of anilines is 1. The van der Waals surface area contributed by atoms with Gasteiger partial charge in [0.25, 0.3) is 5.91 Å². The Morgan fingerprint density at radius 3 is 2.48 bits per heavy atom. The molecule has 0 radical (unpaired) electrons. The third-order valence-electron chi connectivity index (χ3n) is 6.20. The first kappa shape index (κ1) is 23.5. The SMILES string of the molecule is COC1CN(C(=O)c2cc(C)ccc2C)CC1Oc1cccc(NS(=O)(=O)N2CCCC2)c1. The van der Waals surface area contributed by atoms with E-state index in [1.54, 1.807) is 36.3 Å². The normalized spacial score (nSPS) is 21.4. The molecule has 0 bridgehead atoms. The molecule has 2 aliphatic heterocycles. The molecule has 2 saturated heterocycles. The van der Waals surface area contributed by atoms with Crippen LogP contribution in [0.1, 0.15) is 34.3 Å². The monoisotopic (exact) mass is 473 g/mol. The smallest absolute Gasteiger partial charge is 0.301 e. The van der Waals surface area contributed by atoms with Gasteiger partial charge in [0.15, 0.2) is 0 Å². The fourth-order valence-corrected chi connectivity index (χ4v) is 5.63. The Kier molecular flexibility index (Phi) is 6.92. The number of nitrogens with zero attached hydrogens (tertiary/aromatic N) is 2. The van der Waals surface area contributed by atoms with E-state index >= 15 is 0 Å². The summed E-state index contributed by atoms with van der Waals surface area (Å²) in [5, 5.41) is 0. The Labute approximate surface area is 195 Å². The topological polar surface area (TPSA) is 88.2 Å². The molecule has 2 aliphatic rings. The Morgan fingerprint density at radius 1 is 1.03 bits per heavy atom. The summed E-state index contributed by atoms with van der Waals surface area (Å²) < 4.78 is 41.0. The van der Waals surface area contributed by atoms with Gasteiger partial charge in [-0.25, -0.2) is 0 Å². The molecule has 0 spiro atoms. The molecule has 1 amide bonds. The lowest BCUT2D eigenvalue weighted by molar-refractivity contribution is 0.0340. The second-order valence-electron chi connectivity index (χ2n) is 8.70. The number of carbonyl (C=O) groups excluding carboxylic acids is 1. The van der Waals surface area contributed by atoms with Gasteiger partial charge in [0, 0.05) is 31.8 Å². The maximum absolute atomic E-state index is 13.1. The Morgan fingerprint density at radius 2 is 1.76 bits per heavy atom. The minimum absolute atomic E-state index is 0.0449. The molecule has 4 rings (SSSR count). The first-order valence-corrected chi connectivity index (χ1v) is 12.6. The number of carbonyl (C=O) groups is 1. The number of methoxy groups -OCH3 is 1. The predicted octanol–water partition coefficient (Wildman–Crippen LogP) is 2.97. The summed E-state index contributed by atoms with van der Waals surface area (Å²) in [6.45, 7) is 5.78. The van der Waals surface area contributed by atoms with Crippen molar-refractivity contribution in [3.05, 3.63) is 59.2 Å². The Bertz CT molecular complexity index is 1110. The maximum Gasteiger partial charge on any atom is 0.301 e. The van der Waals surface area contributed by atoms with E-state index in [9.17, 15) is 13.2 Å². The quantitative estimate of drug-likeness (QED) is 0.668. The van der Waals surface area contributed by atoms with E-state index in [1.165, 1.54) is 4.31 Å². The van der Waals surface area contributed by atoms with E-state index in [0.717, 1.165) is 24.0 Å². The molecule has 33 heavy (non-hydrogen) atoms. The summed E-state index contributed by atoms with van der Waals surface area (Å²) in [4.78, 5) is 14.9. The van der Waals surface area contributed by atoms with Gasteiger partial charge in [0.2, 0.25) is 0 Å². The van der Waals surface area contributed by atoms with Gasteiger partial charge in [-0.3, -0.25) is 9.52 Å². The van der Waals surface area contributed by atoms with Crippen molar-refractivity contribution < 1.29 is 22.7 Å². The molecule has 0 saturated carbocycles. The van der Waals surface area contributed by atoms with Crippen LogP contribution in [0.3, 0.4) is 0 Å². The number of rotatable bonds is 7. The van der Waals surface area contributed by atoms with Crippen LogP contribution in [0.5, 0.6) is 5.75 Å². The third kappa shape index (κ3) is 5.31. The van der Waals surface area contributed by atoms with Crippen molar-refractivity contribution in [3.8, 4) is 5.75 Å². The van der Waals surface area contributed by atoms with E-state index in [4.69, 9.17) is 9.47 Å². The highest BCUT2D eigenvalue weighted by atomic mass is 32.2. The Balaban J connectivity index is 1.45. The van der Waals surface area contributed by atoms with Crippen molar-refractivity contribution >= 4 is 21.8 Å². The fourth-order valence-electron chi connectivity index (χ4n) is 4.34. The van der Waals surface area contributed by atoms with Crippen molar-refractivity contribution in [2.24, 2.45) is 0 Å². The summed E-state index contributed by atoms with van der Waals surface area (Å²) in [6.07, 6.45) is 1.10. The zero-order chi connectivity index (χ0) is 23.6. The lowest BCUT2D eigenvalue weighted by atomic mass is 10.0. The van der Waals surface area contributed by atoms with Crippen molar-refractivity contribution in [2.45, 2.75) is 38.9 Å². The molecule has 2 aromatic carbocycles. The van der Waals surface area contributed by atoms with Gasteiger partial charge in [-0.15, -0.1) is 0 Å². The number of hydrogen-bond donors (Lipinski definition) is 1. The average Bonchev–Trinajstić information content (AvgIpc) is 3.46. The molecular weight excluding hydrogens is 442 g/mol.